The van der Waals surface area contributed by atoms with Crippen LogP contribution in [0.2, 0.25) is 0 Å². The van der Waals surface area contributed by atoms with Gasteiger partial charge in [-0.3, -0.25) is 5.73 Å². The van der Waals surface area contributed by atoms with Crippen LogP contribution >= 0.6 is 15.9 Å². The number of nitrogens with one attached hydrogen (secondary N) is 2. The lowest BCUT2D eigenvalue weighted by molar-refractivity contribution is -0.000749. The number of rotatable bonds is 7. The highest BCUT2D eigenvalue weighted by Gasteiger charge is 2.30. The van der Waals surface area contributed by atoms with E-state index in [4.69, 9.17) is 5.73 Å². The molecule has 2 rings (SSSR count). The SMILES string of the molecule is CCC/C=C/C(Br)=C\C1=C(C)NCN=C1NCc1cccc(C(N)(F)F)c1F. The molecular weight excluding hydrogens is 433 g/mol. The van der Waals surface area contributed by atoms with Crippen LogP contribution in [0, 0.1) is 5.82 Å². The van der Waals surface area contributed by atoms with Crippen molar-refractivity contribution in [3.8, 4) is 0 Å². The van der Waals surface area contributed by atoms with Crippen LogP contribution in [0.5, 0.6) is 0 Å². The van der Waals surface area contributed by atoms with Crippen molar-refractivity contribution >= 4 is 21.8 Å². The Morgan fingerprint density at radius 3 is 2.86 bits per heavy atom. The van der Waals surface area contributed by atoms with Crippen LogP contribution in [0.15, 0.2) is 57.2 Å². The van der Waals surface area contributed by atoms with Crippen molar-refractivity contribution in [2.45, 2.75) is 39.3 Å². The van der Waals surface area contributed by atoms with E-state index in [9.17, 15) is 13.2 Å². The number of aliphatic imine (C=N–C) groups is 1. The number of halogens is 4. The molecule has 0 spiro atoms. The Bertz CT molecular complexity index is 823. The quantitative estimate of drug-likeness (QED) is 0.408. The molecule has 0 aliphatic carbocycles. The standard InChI is InChI=1S/C20H24BrF3N4/c1-3-4-5-8-15(21)10-16-13(2)27-12-28-19(16)26-11-14-7-6-9-17(18(14)22)20(23,24)25/h5-10,27H,3-4,11-12,25H2,1-2H3,(H,26,28)/b8-5+,15-10+. The predicted molar refractivity (Wildman–Crippen MR) is 111 cm³/mol. The number of amidine groups is 1. The molecule has 0 fully saturated rings. The lowest BCUT2D eigenvalue weighted by Crippen LogP contribution is -2.33. The zero-order chi connectivity index (χ0) is 20.7. The van der Waals surface area contributed by atoms with Gasteiger partial charge >= 0.3 is 6.05 Å². The van der Waals surface area contributed by atoms with E-state index in [1.165, 1.54) is 12.1 Å². The van der Waals surface area contributed by atoms with Crippen molar-refractivity contribution in [1.29, 1.82) is 0 Å². The van der Waals surface area contributed by atoms with E-state index in [2.05, 4.69) is 44.6 Å². The predicted octanol–water partition coefficient (Wildman–Crippen LogP) is 4.79. The molecule has 1 aliphatic heterocycles. The minimum absolute atomic E-state index is 0.00248. The Balaban J connectivity index is 2.19. The van der Waals surface area contributed by atoms with Gasteiger partial charge in [0.25, 0.3) is 0 Å². The molecule has 1 aromatic rings. The Labute approximate surface area is 171 Å². The van der Waals surface area contributed by atoms with Gasteiger partial charge in [0.2, 0.25) is 0 Å². The molecular formula is C20H24BrF3N4. The van der Waals surface area contributed by atoms with E-state index in [-0.39, 0.29) is 12.1 Å². The topological polar surface area (TPSA) is 62.4 Å². The first-order valence-electron chi connectivity index (χ1n) is 8.95. The summed E-state index contributed by atoms with van der Waals surface area (Å²) in [6.07, 6.45) is 7.95. The Hall–Kier alpha value is -2.06. The summed E-state index contributed by atoms with van der Waals surface area (Å²) < 4.78 is 41.9. The minimum atomic E-state index is -3.73. The normalized spacial score (nSPS) is 15.7. The monoisotopic (exact) mass is 456 g/mol. The fourth-order valence-electron chi connectivity index (χ4n) is 2.62. The van der Waals surface area contributed by atoms with Gasteiger partial charge in [-0.15, -0.1) is 0 Å². The average molecular weight is 457 g/mol. The van der Waals surface area contributed by atoms with Gasteiger partial charge in [-0.2, -0.15) is 8.78 Å². The van der Waals surface area contributed by atoms with Gasteiger partial charge in [-0.25, -0.2) is 9.38 Å². The van der Waals surface area contributed by atoms with Crippen LogP contribution < -0.4 is 16.4 Å². The lowest BCUT2D eigenvalue weighted by atomic mass is 10.1. The molecule has 0 aromatic heterocycles. The van der Waals surface area contributed by atoms with E-state index in [1.807, 2.05) is 19.1 Å². The zero-order valence-corrected chi connectivity index (χ0v) is 17.4. The Morgan fingerprint density at radius 1 is 1.43 bits per heavy atom. The van der Waals surface area contributed by atoms with Gasteiger partial charge in [0, 0.05) is 27.9 Å². The number of allylic oxidation sites excluding steroid dienone is 4. The molecule has 152 valence electrons. The molecule has 4 nitrogen and oxygen atoms in total. The molecule has 8 heteroatoms. The third kappa shape index (κ3) is 5.97. The molecule has 28 heavy (non-hydrogen) atoms. The molecule has 1 aliphatic rings. The number of hydrogen-bond donors (Lipinski definition) is 3. The van der Waals surface area contributed by atoms with Crippen LogP contribution in [-0.4, -0.2) is 12.5 Å². The molecule has 1 aromatic carbocycles. The summed E-state index contributed by atoms with van der Waals surface area (Å²) in [7, 11) is 0. The van der Waals surface area contributed by atoms with Crippen LogP contribution in [0.25, 0.3) is 0 Å². The highest BCUT2D eigenvalue weighted by atomic mass is 79.9. The second kappa shape index (κ2) is 9.93. The summed E-state index contributed by atoms with van der Waals surface area (Å²) in [5.74, 6) is -0.458. The summed E-state index contributed by atoms with van der Waals surface area (Å²) in [5, 5.41) is 6.19. The number of nitrogens with zero attached hydrogens (tertiary/aromatic N) is 1. The van der Waals surface area contributed by atoms with E-state index >= 15 is 0 Å². The lowest BCUT2D eigenvalue weighted by Gasteiger charge is -2.20. The zero-order valence-electron chi connectivity index (χ0n) is 15.8. The maximum absolute atomic E-state index is 14.4. The number of hydrogen-bond acceptors (Lipinski definition) is 4. The largest absolute Gasteiger partial charge is 0.369 e. The molecule has 0 bridgehead atoms. The van der Waals surface area contributed by atoms with E-state index < -0.39 is 17.4 Å². The van der Waals surface area contributed by atoms with Crippen molar-refractivity contribution in [3.05, 3.63) is 69.1 Å². The fourth-order valence-corrected chi connectivity index (χ4v) is 3.04. The molecule has 0 unspecified atom stereocenters. The number of nitrogens with two attached hydrogens (primary N) is 1. The maximum Gasteiger partial charge on any atom is 0.329 e. The maximum atomic E-state index is 14.4. The first-order valence-corrected chi connectivity index (χ1v) is 9.75. The Morgan fingerprint density at radius 2 is 2.18 bits per heavy atom. The highest BCUT2D eigenvalue weighted by molar-refractivity contribution is 9.11. The first kappa shape index (κ1) is 22.2. The van der Waals surface area contributed by atoms with Gasteiger partial charge < -0.3 is 10.6 Å². The van der Waals surface area contributed by atoms with Gasteiger partial charge in [0.1, 0.15) is 18.3 Å². The second-order valence-corrected chi connectivity index (χ2v) is 7.27. The summed E-state index contributed by atoms with van der Waals surface area (Å²) in [5.41, 5.74) is 5.73. The van der Waals surface area contributed by atoms with Gasteiger partial charge in [-0.05, 0) is 25.5 Å². The van der Waals surface area contributed by atoms with Crippen molar-refractivity contribution in [1.82, 2.24) is 10.6 Å². The van der Waals surface area contributed by atoms with Crippen LogP contribution in [-0.2, 0) is 12.6 Å². The number of benzene rings is 1. The first-order chi connectivity index (χ1) is 13.2. The van der Waals surface area contributed by atoms with Gasteiger partial charge in [-0.1, -0.05) is 53.6 Å². The van der Waals surface area contributed by atoms with Crippen LogP contribution in [0.4, 0.5) is 13.2 Å². The molecule has 0 atom stereocenters. The third-order valence-electron chi connectivity index (χ3n) is 4.14. The van der Waals surface area contributed by atoms with Crippen molar-refractivity contribution < 1.29 is 13.2 Å². The average Bonchev–Trinajstić information content (AvgIpc) is 2.62. The second-order valence-electron chi connectivity index (χ2n) is 6.36. The van der Waals surface area contributed by atoms with E-state index in [0.717, 1.165) is 34.7 Å². The summed E-state index contributed by atoms with van der Waals surface area (Å²) in [6.45, 7) is 4.39. The number of alkyl halides is 2. The highest BCUT2D eigenvalue weighted by Crippen LogP contribution is 2.26. The van der Waals surface area contributed by atoms with Gasteiger partial charge in [0.05, 0.1) is 5.56 Å². The van der Waals surface area contributed by atoms with Gasteiger partial charge in [0.15, 0.2) is 0 Å². The van der Waals surface area contributed by atoms with Crippen LogP contribution in [0.3, 0.4) is 0 Å². The summed E-state index contributed by atoms with van der Waals surface area (Å²) in [6, 6.07) is 0.0530. The van der Waals surface area contributed by atoms with E-state index in [1.54, 1.807) is 0 Å². The van der Waals surface area contributed by atoms with E-state index in [0.29, 0.717) is 12.5 Å². The van der Waals surface area contributed by atoms with Crippen molar-refractivity contribution in [2.24, 2.45) is 10.7 Å². The molecule has 4 N–H and O–H groups in total. The molecule has 0 radical (unpaired) electrons. The minimum Gasteiger partial charge on any atom is -0.369 e. The fraction of sp³-hybridized carbons (Fsp3) is 0.350. The number of unbranched alkanes of at least 4 members (excludes halogenated alkanes) is 1. The Kier molecular flexibility index (Phi) is 7.88. The molecule has 0 saturated heterocycles. The third-order valence-corrected chi connectivity index (χ3v) is 4.63. The molecule has 0 saturated carbocycles. The smallest absolute Gasteiger partial charge is 0.329 e. The molecule has 1 heterocycles. The molecule has 0 amide bonds. The van der Waals surface area contributed by atoms with Crippen molar-refractivity contribution in [3.63, 3.8) is 0 Å². The summed E-state index contributed by atoms with van der Waals surface area (Å²) >= 11 is 3.51. The van der Waals surface area contributed by atoms with Crippen molar-refractivity contribution in [2.75, 3.05) is 6.67 Å². The van der Waals surface area contributed by atoms with Crippen LogP contribution in [0.1, 0.15) is 37.8 Å². The summed E-state index contributed by atoms with van der Waals surface area (Å²) in [4.78, 5) is 4.38.